The number of para-hydroxylation sites is 1. The Balaban J connectivity index is 2.06. The topological polar surface area (TPSA) is 59.0 Å². The molecule has 114 valence electrons. The van der Waals surface area contributed by atoms with Gasteiger partial charge >= 0.3 is 5.97 Å². The fourth-order valence-electron chi connectivity index (χ4n) is 2.11. The van der Waals surface area contributed by atoms with Crippen molar-refractivity contribution in [2.24, 2.45) is 0 Å². The highest BCUT2D eigenvalue weighted by atomic mass is 35.5. The molecule has 6 heteroatoms. The van der Waals surface area contributed by atoms with Gasteiger partial charge in [0.1, 0.15) is 18.5 Å². The van der Waals surface area contributed by atoms with E-state index in [4.69, 9.17) is 26.2 Å². The Morgan fingerprint density at radius 1 is 1.62 bits per heavy atom. The number of carboxylic acids is 1. The Morgan fingerprint density at radius 2 is 2.43 bits per heavy atom. The minimum absolute atomic E-state index is 0.0173. The average molecular weight is 312 g/mol. The predicted octanol–water partition coefficient (Wildman–Crippen LogP) is 2.15. The molecule has 0 bridgehead atoms. The zero-order chi connectivity index (χ0) is 15.2. The molecular weight excluding hydrogens is 294 g/mol. The van der Waals surface area contributed by atoms with E-state index in [0.717, 1.165) is 19.2 Å². The van der Waals surface area contributed by atoms with Gasteiger partial charge in [-0.1, -0.05) is 23.7 Å². The van der Waals surface area contributed by atoms with Crippen LogP contribution in [0, 0.1) is 0 Å². The van der Waals surface area contributed by atoms with E-state index in [0.29, 0.717) is 29.5 Å². The summed E-state index contributed by atoms with van der Waals surface area (Å²) < 4.78 is 11.4. The highest BCUT2D eigenvalue weighted by molar-refractivity contribution is 6.32. The molecule has 0 amide bonds. The van der Waals surface area contributed by atoms with Crippen molar-refractivity contribution < 1.29 is 19.4 Å². The van der Waals surface area contributed by atoms with Crippen LogP contribution >= 0.6 is 11.6 Å². The van der Waals surface area contributed by atoms with E-state index in [-0.39, 0.29) is 6.10 Å². The first-order chi connectivity index (χ1) is 10.1. The lowest BCUT2D eigenvalue weighted by Gasteiger charge is -2.30. The number of aliphatic carboxylic acids is 1. The monoisotopic (exact) mass is 311 g/mol. The van der Waals surface area contributed by atoms with E-state index in [2.05, 4.69) is 4.90 Å². The van der Waals surface area contributed by atoms with E-state index in [1.54, 1.807) is 18.2 Å². The van der Waals surface area contributed by atoms with Gasteiger partial charge in [0.2, 0.25) is 0 Å². The maximum absolute atomic E-state index is 10.6. The molecular formula is C15H18ClNO4. The van der Waals surface area contributed by atoms with Crippen LogP contribution in [-0.2, 0) is 9.53 Å². The molecule has 1 aliphatic rings. The van der Waals surface area contributed by atoms with E-state index in [1.165, 1.54) is 6.08 Å². The minimum Gasteiger partial charge on any atom is -0.489 e. The second-order valence-corrected chi connectivity index (χ2v) is 5.30. The van der Waals surface area contributed by atoms with Crippen LogP contribution in [0.1, 0.15) is 5.56 Å². The zero-order valence-corrected chi connectivity index (χ0v) is 12.5. The Morgan fingerprint density at radius 3 is 3.14 bits per heavy atom. The maximum atomic E-state index is 10.6. The molecule has 1 heterocycles. The number of morpholine rings is 1. The van der Waals surface area contributed by atoms with Crippen LogP contribution in [0.3, 0.4) is 0 Å². The Labute approximate surface area is 128 Å². The van der Waals surface area contributed by atoms with Crippen molar-refractivity contribution in [3.05, 3.63) is 34.9 Å². The summed E-state index contributed by atoms with van der Waals surface area (Å²) in [6, 6.07) is 5.22. The Hall–Kier alpha value is -1.56. The molecule has 0 spiro atoms. The van der Waals surface area contributed by atoms with Crippen molar-refractivity contribution in [3.8, 4) is 5.75 Å². The van der Waals surface area contributed by atoms with Crippen LogP contribution < -0.4 is 4.74 Å². The third-order valence-electron chi connectivity index (χ3n) is 3.16. The number of carbonyl (C=O) groups is 1. The van der Waals surface area contributed by atoms with Gasteiger partial charge in [-0.15, -0.1) is 0 Å². The van der Waals surface area contributed by atoms with Gasteiger partial charge in [-0.05, 0) is 19.2 Å². The smallest absolute Gasteiger partial charge is 0.328 e. The molecule has 1 N–H and O–H groups in total. The van der Waals surface area contributed by atoms with Crippen molar-refractivity contribution >= 4 is 23.6 Å². The van der Waals surface area contributed by atoms with Crippen molar-refractivity contribution in [1.82, 2.24) is 4.90 Å². The van der Waals surface area contributed by atoms with Gasteiger partial charge < -0.3 is 19.5 Å². The van der Waals surface area contributed by atoms with Crippen molar-refractivity contribution in [2.75, 3.05) is 33.4 Å². The van der Waals surface area contributed by atoms with Crippen LogP contribution in [-0.4, -0.2) is 55.4 Å². The fourth-order valence-corrected chi connectivity index (χ4v) is 2.35. The third kappa shape index (κ3) is 4.74. The predicted molar refractivity (Wildman–Crippen MR) is 80.9 cm³/mol. The molecule has 1 unspecified atom stereocenters. The number of halogens is 1. The lowest BCUT2D eigenvalue weighted by atomic mass is 10.2. The highest BCUT2D eigenvalue weighted by Gasteiger charge is 2.19. The molecule has 5 nitrogen and oxygen atoms in total. The van der Waals surface area contributed by atoms with Crippen LogP contribution in [0.25, 0.3) is 6.08 Å². The summed E-state index contributed by atoms with van der Waals surface area (Å²) in [5, 5.41) is 9.16. The van der Waals surface area contributed by atoms with E-state index >= 15 is 0 Å². The summed E-state index contributed by atoms with van der Waals surface area (Å²) in [4.78, 5) is 12.8. The summed E-state index contributed by atoms with van der Waals surface area (Å²) in [5.41, 5.74) is 0.633. The summed E-state index contributed by atoms with van der Waals surface area (Å²) in [6.07, 6.45) is 2.51. The highest BCUT2D eigenvalue weighted by Crippen LogP contribution is 2.30. The number of ether oxygens (including phenoxy) is 2. The van der Waals surface area contributed by atoms with Gasteiger partial charge in [0, 0.05) is 24.7 Å². The van der Waals surface area contributed by atoms with Crippen LogP contribution in [0.15, 0.2) is 24.3 Å². The van der Waals surface area contributed by atoms with E-state index in [9.17, 15) is 4.79 Å². The number of nitrogens with zero attached hydrogens (tertiary/aromatic N) is 1. The molecule has 1 aromatic rings. The molecule has 21 heavy (non-hydrogen) atoms. The first-order valence-corrected chi connectivity index (χ1v) is 7.06. The summed E-state index contributed by atoms with van der Waals surface area (Å²) in [5.74, 6) is -0.536. The number of carboxylic acid groups (broad SMARTS) is 1. The number of likely N-dealkylation sites (N-methyl/N-ethyl adjacent to an activating group) is 1. The summed E-state index contributed by atoms with van der Waals surface area (Å²) >= 11 is 6.13. The average Bonchev–Trinajstić information content (AvgIpc) is 2.44. The molecule has 1 atom stereocenters. The SMILES string of the molecule is CN1CCOC(COc2c(Cl)cccc2/C=C/C(=O)O)C1. The molecule has 0 radical (unpaired) electrons. The normalized spacial score (nSPS) is 19.8. The lowest BCUT2D eigenvalue weighted by Crippen LogP contribution is -2.42. The van der Waals surface area contributed by atoms with Crippen molar-refractivity contribution in [3.63, 3.8) is 0 Å². The molecule has 0 saturated carbocycles. The maximum Gasteiger partial charge on any atom is 0.328 e. The molecule has 1 aromatic carbocycles. The van der Waals surface area contributed by atoms with Gasteiger partial charge in [0.05, 0.1) is 11.6 Å². The Kier molecular flexibility index (Phi) is 5.61. The number of benzene rings is 1. The molecule has 1 fully saturated rings. The van der Waals surface area contributed by atoms with Crippen LogP contribution in [0.5, 0.6) is 5.75 Å². The quantitative estimate of drug-likeness (QED) is 0.844. The van der Waals surface area contributed by atoms with Gasteiger partial charge in [0.25, 0.3) is 0 Å². The van der Waals surface area contributed by atoms with Gasteiger partial charge in [-0.3, -0.25) is 0 Å². The van der Waals surface area contributed by atoms with Crippen LogP contribution in [0.2, 0.25) is 5.02 Å². The van der Waals surface area contributed by atoms with E-state index in [1.807, 2.05) is 7.05 Å². The molecule has 1 saturated heterocycles. The number of rotatable bonds is 5. The minimum atomic E-state index is -1.02. The van der Waals surface area contributed by atoms with Gasteiger partial charge in [0.15, 0.2) is 0 Å². The van der Waals surface area contributed by atoms with Gasteiger partial charge in [-0.2, -0.15) is 0 Å². The zero-order valence-electron chi connectivity index (χ0n) is 11.8. The first-order valence-electron chi connectivity index (χ1n) is 6.68. The van der Waals surface area contributed by atoms with Crippen molar-refractivity contribution in [1.29, 1.82) is 0 Å². The molecule has 2 rings (SSSR count). The molecule has 0 aliphatic carbocycles. The molecule has 0 aromatic heterocycles. The summed E-state index contributed by atoms with van der Waals surface area (Å²) in [7, 11) is 2.03. The first kappa shape index (κ1) is 15.8. The van der Waals surface area contributed by atoms with Crippen molar-refractivity contribution in [2.45, 2.75) is 6.10 Å². The second-order valence-electron chi connectivity index (χ2n) is 4.90. The van der Waals surface area contributed by atoms with E-state index < -0.39 is 5.97 Å². The number of hydrogen-bond donors (Lipinski definition) is 1. The Bertz CT molecular complexity index is 532. The van der Waals surface area contributed by atoms with Gasteiger partial charge in [-0.25, -0.2) is 4.79 Å². The number of hydrogen-bond acceptors (Lipinski definition) is 4. The second kappa shape index (κ2) is 7.45. The lowest BCUT2D eigenvalue weighted by molar-refractivity contribution is -0.131. The fraction of sp³-hybridized carbons (Fsp3) is 0.400. The van der Waals surface area contributed by atoms with Crippen LogP contribution in [0.4, 0.5) is 0 Å². The standard InChI is InChI=1S/C15H18ClNO4/c1-17-7-8-20-12(9-17)10-21-15-11(5-6-14(18)19)3-2-4-13(15)16/h2-6,12H,7-10H2,1H3,(H,18,19)/b6-5+. The summed E-state index contributed by atoms with van der Waals surface area (Å²) in [6.45, 7) is 2.76. The largest absolute Gasteiger partial charge is 0.489 e. The molecule has 1 aliphatic heterocycles. The third-order valence-corrected chi connectivity index (χ3v) is 3.46.